The summed E-state index contributed by atoms with van der Waals surface area (Å²) in [6.07, 6.45) is 1.09. The number of halogens is 1. The Morgan fingerprint density at radius 3 is 2.33 bits per heavy atom. The van der Waals surface area contributed by atoms with Crippen molar-refractivity contribution in [2.45, 2.75) is 32.2 Å². The molecule has 2 amide bonds. The SMILES string of the molecule is COC(=O)CCNC(=O)c1ccc(NC(=O)CCC(C)N)cc1.Cl. The smallest absolute Gasteiger partial charge is 0.307 e. The Labute approximate surface area is 147 Å². The van der Waals surface area contributed by atoms with Crippen molar-refractivity contribution in [3.8, 4) is 0 Å². The molecule has 1 unspecified atom stereocenters. The number of amides is 2. The maximum absolute atomic E-state index is 11.9. The quantitative estimate of drug-likeness (QED) is 0.610. The lowest BCUT2D eigenvalue weighted by Crippen LogP contribution is -2.26. The predicted octanol–water partition coefficient (Wildman–Crippen LogP) is 1.47. The number of carbonyl (C=O) groups is 3. The fourth-order valence-electron chi connectivity index (χ4n) is 1.77. The van der Waals surface area contributed by atoms with Gasteiger partial charge in [-0.05, 0) is 37.6 Å². The van der Waals surface area contributed by atoms with Crippen molar-refractivity contribution < 1.29 is 19.1 Å². The minimum absolute atomic E-state index is 0. The van der Waals surface area contributed by atoms with Crippen LogP contribution in [0.4, 0.5) is 5.69 Å². The standard InChI is InChI=1S/C16H23N3O4.ClH/c1-11(17)3-8-14(20)19-13-6-4-12(5-7-13)16(22)18-10-9-15(21)23-2;/h4-7,11H,3,8-10,17H2,1-2H3,(H,18,22)(H,19,20);1H. The van der Waals surface area contributed by atoms with Crippen molar-refractivity contribution in [3.63, 3.8) is 0 Å². The van der Waals surface area contributed by atoms with Gasteiger partial charge in [-0.3, -0.25) is 14.4 Å². The van der Waals surface area contributed by atoms with Gasteiger partial charge in [0.25, 0.3) is 5.91 Å². The second-order valence-electron chi connectivity index (χ2n) is 5.22. The van der Waals surface area contributed by atoms with Gasteiger partial charge in [-0.15, -0.1) is 12.4 Å². The van der Waals surface area contributed by atoms with E-state index in [2.05, 4.69) is 15.4 Å². The minimum Gasteiger partial charge on any atom is -0.469 e. The van der Waals surface area contributed by atoms with Gasteiger partial charge in [-0.1, -0.05) is 0 Å². The van der Waals surface area contributed by atoms with Gasteiger partial charge in [0.05, 0.1) is 13.5 Å². The summed E-state index contributed by atoms with van der Waals surface area (Å²) in [5.41, 5.74) is 6.67. The lowest BCUT2D eigenvalue weighted by Gasteiger charge is -2.08. The van der Waals surface area contributed by atoms with E-state index >= 15 is 0 Å². The minimum atomic E-state index is -0.379. The number of esters is 1. The number of hydrogen-bond acceptors (Lipinski definition) is 5. The van der Waals surface area contributed by atoms with Crippen LogP contribution in [0, 0.1) is 0 Å². The molecule has 24 heavy (non-hydrogen) atoms. The van der Waals surface area contributed by atoms with Gasteiger partial charge in [0.15, 0.2) is 0 Å². The lowest BCUT2D eigenvalue weighted by atomic mass is 10.1. The molecule has 0 saturated carbocycles. The van der Waals surface area contributed by atoms with E-state index in [0.29, 0.717) is 24.1 Å². The summed E-state index contributed by atoms with van der Waals surface area (Å²) in [7, 11) is 1.30. The topological polar surface area (TPSA) is 111 Å². The van der Waals surface area contributed by atoms with Gasteiger partial charge in [0.1, 0.15) is 0 Å². The molecule has 0 aromatic heterocycles. The summed E-state index contributed by atoms with van der Waals surface area (Å²) in [5, 5.41) is 5.36. The van der Waals surface area contributed by atoms with Gasteiger partial charge in [0.2, 0.25) is 5.91 Å². The number of carbonyl (C=O) groups excluding carboxylic acids is 3. The van der Waals surface area contributed by atoms with Crippen LogP contribution in [-0.2, 0) is 14.3 Å². The van der Waals surface area contributed by atoms with E-state index in [4.69, 9.17) is 5.73 Å². The molecule has 1 aromatic rings. The Kier molecular flexibility index (Phi) is 10.4. The Morgan fingerprint density at radius 1 is 1.17 bits per heavy atom. The van der Waals surface area contributed by atoms with Gasteiger partial charge in [0, 0.05) is 30.3 Å². The summed E-state index contributed by atoms with van der Waals surface area (Å²) < 4.78 is 4.49. The van der Waals surface area contributed by atoms with Crippen LogP contribution in [0.15, 0.2) is 24.3 Å². The Balaban J connectivity index is 0.00000529. The van der Waals surface area contributed by atoms with E-state index in [1.165, 1.54) is 7.11 Å². The Hall–Kier alpha value is -2.12. The first kappa shape index (κ1) is 21.9. The van der Waals surface area contributed by atoms with Gasteiger partial charge in [-0.2, -0.15) is 0 Å². The van der Waals surface area contributed by atoms with Gasteiger partial charge >= 0.3 is 5.97 Å². The fourth-order valence-corrected chi connectivity index (χ4v) is 1.77. The largest absolute Gasteiger partial charge is 0.469 e. The van der Waals surface area contributed by atoms with Crippen molar-refractivity contribution in [3.05, 3.63) is 29.8 Å². The average Bonchev–Trinajstić information content (AvgIpc) is 2.53. The fraction of sp³-hybridized carbons (Fsp3) is 0.438. The zero-order chi connectivity index (χ0) is 17.2. The van der Waals surface area contributed by atoms with E-state index in [9.17, 15) is 14.4 Å². The number of benzene rings is 1. The van der Waals surface area contributed by atoms with E-state index in [1.807, 2.05) is 6.92 Å². The molecule has 0 aliphatic heterocycles. The number of nitrogens with one attached hydrogen (secondary N) is 2. The zero-order valence-electron chi connectivity index (χ0n) is 13.8. The molecular formula is C16H24ClN3O4. The Bertz CT molecular complexity index is 547. The third-order valence-corrected chi connectivity index (χ3v) is 3.10. The number of nitrogens with two attached hydrogens (primary N) is 1. The molecule has 0 aliphatic rings. The molecule has 0 spiro atoms. The maximum Gasteiger partial charge on any atom is 0.307 e. The highest BCUT2D eigenvalue weighted by molar-refractivity contribution is 5.95. The van der Waals surface area contributed by atoms with Crippen molar-refractivity contribution in [2.75, 3.05) is 19.0 Å². The molecule has 0 radical (unpaired) electrons. The lowest BCUT2D eigenvalue weighted by molar-refractivity contribution is -0.140. The summed E-state index contributed by atoms with van der Waals surface area (Å²) >= 11 is 0. The van der Waals surface area contributed by atoms with Gasteiger partial charge < -0.3 is 21.1 Å². The highest BCUT2D eigenvalue weighted by Crippen LogP contribution is 2.10. The van der Waals surface area contributed by atoms with E-state index in [-0.39, 0.29) is 49.2 Å². The number of ether oxygens (including phenoxy) is 1. The number of hydrogen-bond donors (Lipinski definition) is 3. The van der Waals surface area contributed by atoms with Crippen LogP contribution in [0.2, 0.25) is 0 Å². The number of anilines is 1. The Morgan fingerprint density at radius 2 is 1.79 bits per heavy atom. The molecule has 1 rings (SSSR count). The zero-order valence-corrected chi connectivity index (χ0v) is 14.7. The summed E-state index contributed by atoms with van der Waals surface area (Å²) in [6.45, 7) is 2.06. The molecule has 8 heteroatoms. The highest BCUT2D eigenvalue weighted by Gasteiger charge is 2.08. The van der Waals surface area contributed by atoms with Crippen molar-refractivity contribution in [2.24, 2.45) is 5.73 Å². The molecule has 0 heterocycles. The van der Waals surface area contributed by atoms with Crippen LogP contribution in [0.3, 0.4) is 0 Å². The maximum atomic E-state index is 11.9. The predicted molar refractivity (Wildman–Crippen MR) is 94.2 cm³/mol. The van der Waals surface area contributed by atoms with Crippen LogP contribution >= 0.6 is 12.4 Å². The van der Waals surface area contributed by atoms with E-state index < -0.39 is 0 Å². The van der Waals surface area contributed by atoms with Crippen LogP contribution in [0.5, 0.6) is 0 Å². The number of rotatable bonds is 8. The summed E-state index contributed by atoms with van der Waals surface area (Å²) in [5.74, 6) is -0.781. The van der Waals surface area contributed by atoms with E-state index in [1.54, 1.807) is 24.3 Å². The summed E-state index contributed by atoms with van der Waals surface area (Å²) in [6, 6.07) is 6.50. The average molecular weight is 358 g/mol. The summed E-state index contributed by atoms with van der Waals surface area (Å²) in [4.78, 5) is 34.5. The van der Waals surface area contributed by atoms with E-state index in [0.717, 1.165) is 0 Å². The monoisotopic (exact) mass is 357 g/mol. The van der Waals surface area contributed by atoms with Crippen LogP contribution < -0.4 is 16.4 Å². The normalized spacial score (nSPS) is 11.0. The van der Waals surface area contributed by atoms with Crippen molar-refractivity contribution in [1.82, 2.24) is 5.32 Å². The molecule has 4 N–H and O–H groups in total. The molecule has 0 saturated heterocycles. The molecule has 0 aliphatic carbocycles. The van der Waals surface area contributed by atoms with Crippen molar-refractivity contribution in [1.29, 1.82) is 0 Å². The molecule has 0 bridgehead atoms. The van der Waals surface area contributed by atoms with Crippen molar-refractivity contribution >= 4 is 35.9 Å². The first-order chi connectivity index (χ1) is 10.9. The molecule has 1 atom stereocenters. The molecule has 1 aromatic carbocycles. The first-order valence-corrected chi connectivity index (χ1v) is 7.43. The molecule has 7 nitrogen and oxygen atoms in total. The number of methoxy groups -OCH3 is 1. The molecular weight excluding hydrogens is 334 g/mol. The second-order valence-corrected chi connectivity index (χ2v) is 5.22. The van der Waals surface area contributed by atoms with Crippen LogP contribution in [0.1, 0.15) is 36.5 Å². The molecule has 134 valence electrons. The third-order valence-electron chi connectivity index (χ3n) is 3.10. The second kappa shape index (κ2) is 11.4. The molecule has 0 fully saturated rings. The van der Waals surface area contributed by atoms with Crippen LogP contribution in [-0.4, -0.2) is 37.5 Å². The highest BCUT2D eigenvalue weighted by atomic mass is 35.5. The first-order valence-electron chi connectivity index (χ1n) is 7.43. The van der Waals surface area contributed by atoms with Crippen LogP contribution in [0.25, 0.3) is 0 Å². The van der Waals surface area contributed by atoms with Gasteiger partial charge in [-0.25, -0.2) is 0 Å². The third kappa shape index (κ3) is 8.50.